The molecule has 1 aliphatic heterocycles. The fraction of sp³-hybridized carbons (Fsp3) is 1.00. The minimum Gasteiger partial charge on any atom is -0.381 e. The standard InChI is InChI=1S/C9H19NO/c1-3-4-9(7-10-2)5-6-11-8-9/h10H,3-8H2,1-2H3. The SMILES string of the molecule is CCCC1(CNC)CCOC1. The molecule has 0 radical (unpaired) electrons. The number of nitrogens with one attached hydrogen (secondary N) is 1. The Hall–Kier alpha value is -0.0800. The molecular formula is C9H19NO. The molecule has 2 nitrogen and oxygen atoms in total. The zero-order valence-corrected chi connectivity index (χ0v) is 7.65. The quantitative estimate of drug-likeness (QED) is 0.666. The maximum absolute atomic E-state index is 5.43. The lowest BCUT2D eigenvalue weighted by molar-refractivity contribution is 0.145. The second-order valence-corrected chi connectivity index (χ2v) is 3.58. The largest absolute Gasteiger partial charge is 0.381 e. The highest BCUT2D eigenvalue weighted by molar-refractivity contribution is 4.84. The molecule has 0 aromatic heterocycles. The maximum atomic E-state index is 5.43. The van der Waals surface area contributed by atoms with Gasteiger partial charge in [-0.05, 0) is 19.9 Å². The first kappa shape index (κ1) is 9.01. The van der Waals surface area contributed by atoms with Crippen LogP contribution in [0.1, 0.15) is 26.2 Å². The summed E-state index contributed by atoms with van der Waals surface area (Å²) in [6, 6.07) is 0. The van der Waals surface area contributed by atoms with Crippen LogP contribution < -0.4 is 5.32 Å². The number of rotatable bonds is 4. The van der Waals surface area contributed by atoms with Crippen LogP contribution in [0.2, 0.25) is 0 Å². The molecule has 0 aromatic rings. The monoisotopic (exact) mass is 157 g/mol. The summed E-state index contributed by atoms with van der Waals surface area (Å²) in [5, 5.41) is 3.26. The first-order valence-electron chi connectivity index (χ1n) is 4.55. The Balaban J connectivity index is 2.40. The molecule has 1 unspecified atom stereocenters. The topological polar surface area (TPSA) is 21.3 Å². The van der Waals surface area contributed by atoms with Crippen molar-refractivity contribution in [3.05, 3.63) is 0 Å². The van der Waals surface area contributed by atoms with Gasteiger partial charge in [-0.25, -0.2) is 0 Å². The van der Waals surface area contributed by atoms with E-state index in [-0.39, 0.29) is 0 Å². The van der Waals surface area contributed by atoms with Gasteiger partial charge in [0.15, 0.2) is 0 Å². The second-order valence-electron chi connectivity index (χ2n) is 3.58. The molecule has 1 saturated heterocycles. The van der Waals surface area contributed by atoms with Crippen LogP contribution in [0.3, 0.4) is 0 Å². The van der Waals surface area contributed by atoms with Gasteiger partial charge in [0.2, 0.25) is 0 Å². The van der Waals surface area contributed by atoms with Crippen molar-refractivity contribution in [1.29, 1.82) is 0 Å². The number of hydrogen-bond donors (Lipinski definition) is 1. The average molecular weight is 157 g/mol. The van der Waals surface area contributed by atoms with E-state index in [0.29, 0.717) is 5.41 Å². The van der Waals surface area contributed by atoms with Crippen molar-refractivity contribution in [1.82, 2.24) is 5.32 Å². The van der Waals surface area contributed by atoms with Crippen LogP contribution in [0.5, 0.6) is 0 Å². The number of hydrogen-bond acceptors (Lipinski definition) is 2. The molecule has 0 spiro atoms. The average Bonchev–Trinajstić information content (AvgIpc) is 2.39. The summed E-state index contributed by atoms with van der Waals surface area (Å²) < 4.78 is 5.43. The lowest BCUT2D eigenvalue weighted by atomic mass is 9.83. The van der Waals surface area contributed by atoms with Gasteiger partial charge in [0.25, 0.3) is 0 Å². The Morgan fingerprint density at radius 2 is 2.36 bits per heavy atom. The normalized spacial score (nSPS) is 31.1. The first-order valence-corrected chi connectivity index (χ1v) is 4.55. The number of ether oxygens (including phenoxy) is 1. The van der Waals surface area contributed by atoms with Crippen molar-refractivity contribution in [2.24, 2.45) is 5.41 Å². The molecule has 11 heavy (non-hydrogen) atoms. The van der Waals surface area contributed by atoms with Crippen LogP contribution in [-0.4, -0.2) is 26.8 Å². The summed E-state index contributed by atoms with van der Waals surface area (Å²) in [4.78, 5) is 0. The summed E-state index contributed by atoms with van der Waals surface area (Å²) in [5.74, 6) is 0. The predicted octanol–water partition coefficient (Wildman–Crippen LogP) is 1.41. The van der Waals surface area contributed by atoms with Crippen molar-refractivity contribution < 1.29 is 4.74 Å². The van der Waals surface area contributed by atoms with Gasteiger partial charge in [0, 0.05) is 18.6 Å². The molecule has 0 aliphatic carbocycles. The second kappa shape index (κ2) is 4.07. The van der Waals surface area contributed by atoms with Gasteiger partial charge < -0.3 is 10.1 Å². The molecule has 1 fully saturated rings. The molecule has 1 atom stereocenters. The maximum Gasteiger partial charge on any atom is 0.0535 e. The van der Waals surface area contributed by atoms with E-state index in [1.54, 1.807) is 0 Å². The van der Waals surface area contributed by atoms with Crippen molar-refractivity contribution in [2.75, 3.05) is 26.8 Å². The molecule has 1 heterocycles. The van der Waals surface area contributed by atoms with E-state index in [9.17, 15) is 0 Å². The third kappa shape index (κ3) is 2.17. The van der Waals surface area contributed by atoms with Gasteiger partial charge in [-0.15, -0.1) is 0 Å². The van der Waals surface area contributed by atoms with E-state index < -0.39 is 0 Å². The Kier molecular flexibility index (Phi) is 3.34. The fourth-order valence-electron chi connectivity index (χ4n) is 1.98. The molecule has 0 saturated carbocycles. The molecule has 0 amide bonds. The zero-order valence-electron chi connectivity index (χ0n) is 7.65. The van der Waals surface area contributed by atoms with Crippen LogP contribution in [-0.2, 0) is 4.74 Å². The Labute approximate surface area is 69.3 Å². The summed E-state index contributed by atoms with van der Waals surface area (Å²) >= 11 is 0. The van der Waals surface area contributed by atoms with Gasteiger partial charge in [0.1, 0.15) is 0 Å². The van der Waals surface area contributed by atoms with E-state index in [0.717, 1.165) is 19.8 Å². The molecule has 1 N–H and O–H groups in total. The molecule has 66 valence electrons. The summed E-state index contributed by atoms with van der Waals surface area (Å²) in [5.41, 5.74) is 0.462. The third-order valence-corrected chi connectivity index (χ3v) is 2.52. The van der Waals surface area contributed by atoms with Crippen LogP contribution >= 0.6 is 0 Å². The van der Waals surface area contributed by atoms with Crippen molar-refractivity contribution >= 4 is 0 Å². The minimum atomic E-state index is 0.462. The third-order valence-electron chi connectivity index (χ3n) is 2.52. The summed E-state index contributed by atoms with van der Waals surface area (Å²) in [6.45, 7) is 5.28. The molecule has 0 aromatic carbocycles. The Morgan fingerprint density at radius 1 is 1.55 bits per heavy atom. The molecule has 1 aliphatic rings. The highest BCUT2D eigenvalue weighted by Crippen LogP contribution is 2.32. The minimum absolute atomic E-state index is 0.462. The highest BCUT2D eigenvalue weighted by Gasteiger charge is 2.32. The smallest absolute Gasteiger partial charge is 0.0535 e. The van der Waals surface area contributed by atoms with Crippen LogP contribution in [0.4, 0.5) is 0 Å². The molecule has 2 heteroatoms. The lowest BCUT2D eigenvalue weighted by Crippen LogP contribution is -2.32. The van der Waals surface area contributed by atoms with Crippen LogP contribution in [0.25, 0.3) is 0 Å². The van der Waals surface area contributed by atoms with Crippen molar-refractivity contribution in [3.8, 4) is 0 Å². The highest BCUT2D eigenvalue weighted by atomic mass is 16.5. The van der Waals surface area contributed by atoms with E-state index in [1.807, 2.05) is 7.05 Å². The van der Waals surface area contributed by atoms with Gasteiger partial charge in [-0.3, -0.25) is 0 Å². The van der Waals surface area contributed by atoms with Crippen molar-refractivity contribution in [2.45, 2.75) is 26.2 Å². The molecule has 1 rings (SSSR count). The van der Waals surface area contributed by atoms with E-state index in [2.05, 4.69) is 12.2 Å². The first-order chi connectivity index (χ1) is 5.33. The molecular weight excluding hydrogens is 138 g/mol. The van der Waals surface area contributed by atoms with Gasteiger partial charge in [0.05, 0.1) is 6.61 Å². The van der Waals surface area contributed by atoms with Crippen LogP contribution in [0, 0.1) is 5.41 Å². The fourth-order valence-corrected chi connectivity index (χ4v) is 1.98. The lowest BCUT2D eigenvalue weighted by Gasteiger charge is -2.26. The summed E-state index contributed by atoms with van der Waals surface area (Å²) in [7, 11) is 2.02. The Morgan fingerprint density at radius 3 is 2.82 bits per heavy atom. The van der Waals surface area contributed by atoms with Gasteiger partial charge >= 0.3 is 0 Å². The Bertz CT molecular complexity index is 100. The van der Waals surface area contributed by atoms with Crippen LogP contribution in [0.15, 0.2) is 0 Å². The van der Waals surface area contributed by atoms with Crippen molar-refractivity contribution in [3.63, 3.8) is 0 Å². The van der Waals surface area contributed by atoms with Gasteiger partial charge in [-0.2, -0.15) is 0 Å². The summed E-state index contributed by atoms with van der Waals surface area (Å²) in [6.07, 6.45) is 3.81. The predicted molar refractivity (Wildman–Crippen MR) is 46.7 cm³/mol. The van der Waals surface area contributed by atoms with E-state index in [1.165, 1.54) is 19.3 Å². The molecule has 0 bridgehead atoms. The van der Waals surface area contributed by atoms with E-state index in [4.69, 9.17) is 4.74 Å². The van der Waals surface area contributed by atoms with Gasteiger partial charge in [-0.1, -0.05) is 13.3 Å². The van der Waals surface area contributed by atoms with E-state index >= 15 is 0 Å². The zero-order chi connectivity index (χ0) is 8.16.